The third-order valence-electron chi connectivity index (χ3n) is 3.51. The highest BCUT2D eigenvalue weighted by Gasteiger charge is 2.32. The highest BCUT2D eigenvalue weighted by molar-refractivity contribution is 5.93. The lowest BCUT2D eigenvalue weighted by molar-refractivity contribution is -0.274. The van der Waals surface area contributed by atoms with Gasteiger partial charge in [-0.25, -0.2) is 4.39 Å². The number of halogens is 4. The van der Waals surface area contributed by atoms with Gasteiger partial charge in [0.1, 0.15) is 5.82 Å². The Labute approximate surface area is 154 Å². The van der Waals surface area contributed by atoms with Crippen LogP contribution in [0.4, 0.5) is 23.2 Å². The third kappa shape index (κ3) is 7.53. The molecule has 2 rings (SSSR count). The normalized spacial score (nSPS) is 12.3. The van der Waals surface area contributed by atoms with E-state index in [2.05, 4.69) is 15.0 Å². The first-order chi connectivity index (χ1) is 12.7. The highest BCUT2D eigenvalue weighted by atomic mass is 19.4. The Morgan fingerprint density at radius 1 is 1.15 bits per heavy atom. The molecule has 5 nitrogen and oxygen atoms in total. The van der Waals surface area contributed by atoms with Crippen LogP contribution in [0.1, 0.15) is 5.56 Å². The maximum atomic E-state index is 12.9. The number of benzene rings is 2. The maximum Gasteiger partial charge on any atom is 0.573 e. The summed E-state index contributed by atoms with van der Waals surface area (Å²) < 4.78 is 54.1. The molecule has 0 aliphatic rings. The fourth-order valence-corrected chi connectivity index (χ4v) is 2.28. The number of nitrogens with zero attached hydrogens (tertiary/aromatic N) is 2. The van der Waals surface area contributed by atoms with Crippen LogP contribution >= 0.6 is 0 Å². The summed E-state index contributed by atoms with van der Waals surface area (Å²) in [7, 11) is 1.87. The Bertz CT molecular complexity index is 763. The van der Waals surface area contributed by atoms with Crippen LogP contribution < -0.4 is 15.8 Å². The van der Waals surface area contributed by atoms with Gasteiger partial charge in [0.15, 0.2) is 11.7 Å². The van der Waals surface area contributed by atoms with E-state index in [4.69, 9.17) is 5.73 Å². The summed E-state index contributed by atoms with van der Waals surface area (Å²) in [6, 6.07) is 11.7. The van der Waals surface area contributed by atoms with Crippen molar-refractivity contribution in [3.05, 3.63) is 59.9 Å². The molecule has 0 fully saturated rings. The minimum atomic E-state index is -4.80. The molecule has 0 saturated carbocycles. The molecule has 0 aliphatic heterocycles. The van der Waals surface area contributed by atoms with E-state index in [0.717, 1.165) is 5.56 Å². The lowest BCUT2D eigenvalue weighted by Gasteiger charge is -2.16. The molecular formula is C18H20F4N4O. The van der Waals surface area contributed by atoms with Crippen LogP contribution in [0.5, 0.6) is 5.75 Å². The second-order valence-electron chi connectivity index (χ2n) is 5.80. The van der Waals surface area contributed by atoms with E-state index in [9.17, 15) is 17.6 Å². The van der Waals surface area contributed by atoms with E-state index in [0.29, 0.717) is 19.6 Å². The number of guanidine groups is 1. The molecule has 3 N–H and O–H groups in total. The summed E-state index contributed by atoms with van der Waals surface area (Å²) in [5, 5.41) is 2.61. The summed E-state index contributed by atoms with van der Waals surface area (Å²) in [6.07, 6.45) is -4.80. The van der Waals surface area contributed by atoms with Crippen molar-refractivity contribution in [3.8, 4) is 5.75 Å². The second-order valence-corrected chi connectivity index (χ2v) is 5.80. The van der Waals surface area contributed by atoms with Crippen molar-refractivity contribution in [1.29, 1.82) is 0 Å². The molecule has 0 aromatic heterocycles. The molecule has 0 radical (unpaired) electrons. The first-order valence-corrected chi connectivity index (χ1v) is 8.07. The van der Waals surface area contributed by atoms with Gasteiger partial charge in [-0.05, 0) is 36.9 Å². The number of likely N-dealkylation sites (N-methyl/N-ethyl adjacent to an activating group) is 1. The largest absolute Gasteiger partial charge is 0.573 e. The molecule has 2 aromatic carbocycles. The van der Waals surface area contributed by atoms with Crippen molar-refractivity contribution < 1.29 is 22.3 Å². The van der Waals surface area contributed by atoms with Crippen LogP contribution in [0.3, 0.4) is 0 Å². The molecule has 0 bridgehead atoms. The highest BCUT2D eigenvalue weighted by Crippen LogP contribution is 2.29. The summed E-state index contributed by atoms with van der Waals surface area (Å²) in [5.41, 5.74) is 6.75. The summed E-state index contributed by atoms with van der Waals surface area (Å²) >= 11 is 0. The molecule has 0 amide bonds. The van der Waals surface area contributed by atoms with E-state index >= 15 is 0 Å². The Balaban J connectivity index is 1.86. The molecule has 0 aliphatic carbocycles. The molecule has 0 heterocycles. The smallest absolute Gasteiger partial charge is 0.404 e. The number of nitrogens with one attached hydrogen (secondary N) is 1. The monoisotopic (exact) mass is 384 g/mol. The van der Waals surface area contributed by atoms with Crippen molar-refractivity contribution in [2.75, 3.05) is 25.5 Å². The zero-order chi connectivity index (χ0) is 19.9. The number of nitrogens with two attached hydrogens (primary N) is 1. The van der Waals surface area contributed by atoms with Crippen molar-refractivity contribution in [1.82, 2.24) is 4.90 Å². The Morgan fingerprint density at radius 2 is 1.81 bits per heavy atom. The van der Waals surface area contributed by atoms with Gasteiger partial charge in [-0.2, -0.15) is 0 Å². The molecule has 9 heteroatoms. The standard InChI is InChI=1S/C18H20F4N4O/c1-26(12-13-6-8-14(19)9-7-13)11-10-24-17(23)25-15-4-2-3-5-16(15)27-18(20,21)22/h2-9H,10-12H2,1H3,(H3,23,24,25). The van der Waals surface area contributed by atoms with Gasteiger partial charge in [-0.3, -0.25) is 4.99 Å². The number of hydrogen-bond acceptors (Lipinski definition) is 3. The van der Waals surface area contributed by atoms with Gasteiger partial charge in [0, 0.05) is 13.1 Å². The molecule has 0 saturated heterocycles. The fraction of sp³-hybridized carbons (Fsp3) is 0.278. The van der Waals surface area contributed by atoms with Gasteiger partial charge in [0.05, 0.1) is 12.2 Å². The predicted octanol–water partition coefficient (Wildman–Crippen LogP) is 3.58. The van der Waals surface area contributed by atoms with Crippen LogP contribution in [0.15, 0.2) is 53.5 Å². The number of rotatable bonds is 7. The molecule has 27 heavy (non-hydrogen) atoms. The van der Waals surface area contributed by atoms with Crippen LogP contribution in [-0.4, -0.2) is 37.4 Å². The van der Waals surface area contributed by atoms with E-state index < -0.39 is 12.1 Å². The second kappa shape index (κ2) is 9.22. The summed E-state index contributed by atoms with van der Waals surface area (Å²) in [5.74, 6) is -0.709. The molecule has 0 atom stereocenters. The van der Waals surface area contributed by atoms with Gasteiger partial charge in [0.25, 0.3) is 0 Å². The quantitative estimate of drug-likeness (QED) is 0.435. The SMILES string of the molecule is CN(CCN=C(N)Nc1ccccc1OC(F)(F)F)Cc1ccc(F)cc1. The van der Waals surface area contributed by atoms with E-state index in [-0.39, 0.29) is 17.5 Å². The average Bonchev–Trinajstić information content (AvgIpc) is 2.57. The number of anilines is 1. The first-order valence-electron chi connectivity index (χ1n) is 8.07. The maximum absolute atomic E-state index is 12.9. The molecule has 0 spiro atoms. The third-order valence-corrected chi connectivity index (χ3v) is 3.51. The van der Waals surface area contributed by atoms with Crippen LogP contribution in [0.25, 0.3) is 0 Å². The topological polar surface area (TPSA) is 62.9 Å². The van der Waals surface area contributed by atoms with E-state index in [1.54, 1.807) is 18.2 Å². The molecule has 146 valence electrons. The fourth-order valence-electron chi connectivity index (χ4n) is 2.28. The number of alkyl halides is 3. The van der Waals surface area contributed by atoms with Crippen molar-refractivity contribution >= 4 is 11.6 Å². The van der Waals surface area contributed by atoms with Gasteiger partial charge in [0.2, 0.25) is 0 Å². The van der Waals surface area contributed by atoms with Crippen molar-refractivity contribution in [2.24, 2.45) is 10.7 Å². The van der Waals surface area contributed by atoms with Crippen molar-refractivity contribution in [3.63, 3.8) is 0 Å². The number of hydrogen-bond donors (Lipinski definition) is 2. The Morgan fingerprint density at radius 3 is 2.48 bits per heavy atom. The van der Waals surface area contributed by atoms with Gasteiger partial charge in [-0.15, -0.1) is 13.2 Å². The summed E-state index contributed by atoms with van der Waals surface area (Å²) in [6.45, 7) is 1.49. The lowest BCUT2D eigenvalue weighted by atomic mass is 10.2. The number of aliphatic imine (C=N–C) groups is 1. The lowest BCUT2D eigenvalue weighted by Crippen LogP contribution is -2.27. The molecule has 0 unspecified atom stereocenters. The Hall–Kier alpha value is -2.81. The Kier molecular flexibility index (Phi) is 7.00. The van der Waals surface area contributed by atoms with Crippen LogP contribution in [0, 0.1) is 5.82 Å². The minimum absolute atomic E-state index is 0.0246. The van der Waals surface area contributed by atoms with E-state index in [1.165, 1.54) is 30.3 Å². The minimum Gasteiger partial charge on any atom is -0.404 e. The van der Waals surface area contributed by atoms with Crippen LogP contribution in [-0.2, 0) is 6.54 Å². The number of para-hydroxylation sites is 2. The van der Waals surface area contributed by atoms with E-state index in [1.807, 2.05) is 11.9 Å². The number of ether oxygens (including phenoxy) is 1. The van der Waals surface area contributed by atoms with Gasteiger partial charge < -0.3 is 20.7 Å². The van der Waals surface area contributed by atoms with Gasteiger partial charge >= 0.3 is 6.36 Å². The zero-order valence-corrected chi connectivity index (χ0v) is 14.6. The van der Waals surface area contributed by atoms with Crippen molar-refractivity contribution in [2.45, 2.75) is 12.9 Å². The molecule has 2 aromatic rings. The van der Waals surface area contributed by atoms with Gasteiger partial charge in [-0.1, -0.05) is 24.3 Å². The molecular weight excluding hydrogens is 364 g/mol. The average molecular weight is 384 g/mol. The summed E-state index contributed by atoms with van der Waals surface area (Å²) in [4.78, 5) is 6.06. The predicted molar refractivity (Wildman–Crippen MR) is 96.0 cm³/mol. The van der Waals surface area contributed by atoms with Crippen LogP contribution in [0.2, 0.25) is 0 Å². The first kappa shape index (κ1) is 20.5. The zero-order valence-electron chi connectivity index (χ0n) is 14.6.